The van der Waals surface area contributed by atoms with E-state index in [0.29, 0.717) is 10.8 Å². The summed E-state index contributed by atoms with van der Waals surface area (Å²) in [4.78, 5) is 25.9. The van der Waals surface area contributed by atoms with Crippen molar-refractivity contribution in [3.63, 3.8) is 0 Å². The van der Waals surface area contributed by atoms with Crippen molar-refractivity contribution in [1.29, 1.82) is 0 Å². The molecule has 1 aliphatic rings. The van der Waals surface area contributed by atoms with Crippen molar-refractivity contribution in [2.75, 3.05) is 12.3 Å². The van der Waals surface area contributed by atoms with E-state index in [1.807, 2.05) is 0 Å². The largest absolute Gasteiger partial charge is 0.480 e. The van der Waals surface area contributed by atoms with Gasteiger partial charge in [0.25, 0.3) is 0 Å². The molecule has 6 nitrogen and oxygen atoms in total. The number of carboxylic acids is 1. The van der Waals surface area contributed by atoms with Crippen LogP contribution >= 0.6 is 11.8 Å². The van der Waals surface area contributed by atoms with Gasteiger partial charge in [0.2, 0.25) is 0 Å². The molecule has 0 saturated carbocycles. The first-order valence-corrected chi connectivity index (χ1v) is 6.15. The van der Waals surface area contributed by atoms with Gasteiger partial charge in [-0.15, -0.1) is 11.8 Å². The number of carbonyl (C=O) groups excluding carboxylic acids is 1. The molecule has 1 atom stereocenters. The molecule has 0 aliphatic carbocycles. The standard InChI is InChI=1S/C10H16N2O4S/c1-10(2,3)16-9(15)11-4-7-12-6(5-17-7)8(13)14/h6H,4-5H2,1-3H3,(H,11,15)(H,13,14)/t6-/m0/s1. The van der Waals surface area contributed by atoms with Crippen LogP contribution in [-0.4, -0.2) is 46.2 Å². The van der Waals surface area contributed by atoms with E-state index in [4.69, 9.17) is 9.84 Å². The van der Waals surface area contributed by atoms with Gasteiger partial charge in [-0.1, -0.05) is 0 Å². The van der Waals surface area contributed by atoms with Crippen molar-refractivity contribution in [2.24, 2.45) is 4.99 Å². The SMILES string of the molecule is CC(C)(C)OC(=O)NCC1=N[C@H](C(=O)O)CS1. The van der Waals surface area contributed by atoms with Crippen molar-refractivity contribution in [1.82, 2.24) is 5.32 Å². The summed E-state index contributed by atoms with van der Waals surface area (Å²) in [7, 11) is 0. The van der Waals surface area contributed by atoms with E-state index in [1.54, 1.807) is 20.8 Å². The highest BCUT2D eigenvalue weighted by Gasteiger charge is 2.24. The van der Waals surface area contributed by atoms with Crippen LogP contribution in [0.1, 0.15) is 20.8 Å². The Balaban J connectivity index is 2.35. The zero-order chi connectivity index (χ0) is 13.1. The molecule has 0 fully saturated rings. The number of aliphatic carboxylic acids is 1. The Kier molecular flexibility index (Phi) is 4.39. The van der Waals surface area contributed by atoms with E-state index < -0.39 is 23.7 Å². The highest BCUT2D eigenvalue weighted by molar-refractivity contribution is 8.14. The number of aliphatic imine (C=N–C) groups is 1. The molecule has 0 radical (unpaired) electrons. The average Bonchev–Trinajstić information content (AvgIpc) is 2.60. The van der Waals surface area contributed by atoms with E-state index >= 15 is 0 Å². The van der Waals surface area contributed by atoms with Crippen LogP contribution in [0.2, 0.25) is 0 Å². The summed E-state index contributed by atoms with van der Waals surface area (Å²) in [6.07, 6.45) is -0.528. The first kappa shape index (κ1) is 13.8. The van der Waals surface area contributed by atoms with E-state index in [9.17, 15) is 9.59 Å². The number of amides is 1. The summed E-state index contributed by atoms with van der Waals surface area (Å²) in [5, 5.41) is 11.9. The third-order valence-electron chi connectivity index (χ3n) is 1.78. The van der Waals surface area contributed by atoms with Crippen LogP contribution in [0.4, 0.5) is 4.79 Å². The third kappa shape index (κ3) is 5.08. The number of hydrogen-bond acceptors (Lipinski definition) is 5. The minimum absolute atomic E-state index is 0.212. The van der Waals surface area contributed by atoms with Crippen LogP contribution in [0.3, 0.4) is 0 Å². The molecule has 96 valence electrons. The highest BCUT2D eigenvalue weighted by Crippen LogP contribution is 2.17. The number of ether oxygens (including phenoxy) is 1. The number of nitrogens with one attached hydrogen (secondary N) is 1. The van der Waals surface area contributed by atoms with Gasteiger partial charge in [-0.2, -0.15) is 0 Å². The van der Waals surface area contributed by atoms with Gasteiger partial charge in [0.15, 0.2) is 6.04 Å². The lowest BCUT2D eigenvalue weighted by Gasteiger charge is -2.19. The van der Waals surface area contributed by atoms with Crippen LogP contribution in [0.15, 0.2) is 4.99 Å². The number of thioether (sulfide) groups is 1. The van der Waals surface area contributed by atoms with Crippen LogP contribution in [-0.2, 0) is 9.53 Å². The molecule has 0 spiro atoms. The molecule has 0 aromatic heterocycles. The van der Waals surface area contributed by atoms with Gasteiger partial charge in [0, 0.05) is 5.75 Å². The Labute approximate surface area is 104 Å². The van der Waals surface area contributed by atoms with Gasteiger partial charge < -0.3 is 15.2 Å². The number of rotatable bonds is 3. The maximum atomic E-state index is 11.3. The van der Waals surface area contributed by atoms with Gasteiger partial charge in [0.05, 0.1) is 11.6 Å². The fraction of sp³-hybridized carbons (Fsp3) is 0.700. The van der Waals surface area contributed by atoms with Crippen molar-refractivity contribution in [2.45, 2.75) is 32.4 Å². The quantitative estimate of drug-likeness (QED) is 0.793. The second-order valence-electron chi connectivity index (χ2n) is 4.54. The van der Waals surface area contributed by atoms with Crippen LogP contribution in [0, 0.1) is 0 Å². The maximum Gasteiger partial charge on any atom is 0.407 e. The van der Waals surface area contributed by atoms with E-state index in [1.165, 1.54) is 11.8 Å². The average molecular weight is 260 g/mol. The fourth-order valence-corrected chi connectivity index (χ4v) is 2.05. The number of nitrogens with zero attached hydrogens (tertiary/aromatic N) is 1. The van der Waals surface area contributed by atoms with Gasteiger partial charge >= 0.3 is 12.1 Å². The Morgan fingerprint density at radius 3 is 2.71 bits per heavy atom. The first-order valence-electron chi connectivity index (χ1n) is 5.17. The fourth-order valence-electron chi connectivity index (χ4n) is 1.11. The van der Waals surface area contributed by atoms with E-state index in [-0.39, 0.29) is 6.54 Å². The predicted molar refractivity (Wildman–Crippen MR) is 65.6 cm³/mol. The predicted octanol–water partition coefficient (Wildman–Crippen LogP) is 1.11. The lowest BCUT2D eigenvalue weighted by molar-refractivity contribution is -0.137. The summed E-state index contributed by atoms with van der Waals surface area (Å²) in [6, 6.07) is -0.699. The molecule has 1 rings (SSSR count). The molecular weight excluding hydrogens is 244 g/mol. The molecule has 0 aromatic rings. The number of alkyl carbamates (subject to hydrolysis) is 1. The number of carbonyl (C=O) groups is 2. The molecule has 0 saturated heterocycles. The van der Waals surface area contributed by atoms with E-state index in [0.717, 1.165) is 0 Å². The normalized spacial score (nSPS) is 19.7. The van der Waals surface area contributed by atoms with Crippen molar-refractivity contribution < 1.29 is 19.4 Å². The first-order chi connectivity index (χ1) is 7.78. The topological polar surface area (TPSA) is 88.0 Å². The summed E-state index contributed by atoms with van der Waals surface area (Å²) >= 11 is 1.34. The van der Waals surface area contributed by atoms with Crippen molar-refractivity contribution >= 4 is 28.9 Å². The summed E-state index contributed by atoms with van der Waals surface area (Å²) in [5.74, 6) is -0.523. The van der Waals surface area contributed by atoms with Crippen LogP contribution in [0.5, 0.6) is 0 Å². The lowest BCUT2D eigenvalue weighted by Crippen LogP contribution is -2.34. The second kappa shape index (κ2) is 5.39. The lowest BCUT2D eigenvalue weighted by atomic mass is 10.2. The zero-order valence-electron chi connectivity index (χ0n) is 10.0. The number of carboxylic acid groups (broad SMARTS) is 1. The molecule has 1 amide bonds. The van der Waals surface area contributed by atoms with Crippen molar-refractivity contribution in [3.05, 3.63) is 0 Å². The minimum atomic E-state index is -0.940. The summed E-state index contributed by atoms with van der Waals surface area (Å²) < 4.78 is 5.04. The number of hydrogen-bond donors (Lipinski definition) is 2. The van der Waals surface area contributed by atoms with Crippen molar-refractivity contribution in [3.8, 4) is 0 Å². The molecule has 1 heterocycles. The molecule has 0 unspecified atom stereocenters. The molecule has 2 N–H and O–H groups in total. The Hall–Kier alpha value is -1.24. The second-order valence-corrected chi connectivity index (χ2v) is 5.64. The van der Waals surface area contributed by atoms with Gasteiger partial charge in [-0.3, -0.25) is 4.99 Å². The van der Waals surface area contributed by atoms with E-state index in [2.05, 4.69) is 10.3 Å². The smallest absolute Gasteiger partial charge is 0.407 e. The maximum absolute atomic E-state index is 11.3. The zero-order valence-corrected chi connectivity index (χ0v) is 10.8. The Morgan fingerprint density at radius 1 is 1.59 bits per heavy atom. The molecule has 7 heteroatoms. The summed E-state index contributed by atoms with van der Waals surface area (Å²) in [5.41, 5.74) is -0.543. The molecule has 0 bridgehead atoms. The Bertz CT molecular complexity index is 349. The molecule has 1 aliphatic heterocycles. The summed E-state index contributed by atoms with van der Waals surface area (Å²) in [6.45, 7) is 5.53. The Morgan fingerprint density at radius 2 is 2.24 bits per heavy atom. The van der Waals surface area contributed by atoms with Gasteiger partial charge in [0.1, 0.15) is 5.60 Å². The van der Waals surface area contributed by atoms with Gasteiger partial charge in [-0.05, 0) is 20.8 Å². The van der Waals surface area contributed by atoms with Crippen LogP contribution in [0.25, 0.3) is 0 Å². The van der Waals surface area contributed by atoms with Crippen LogP contribution < -0.4 is 5.32 Å². The minimum Gasteiger partial charge on any atom is -0.480 e. The highest BCUT2D eigenvalue weighted by atomic mass is 32.2. The molecule has 0 aromatic carbocycles. The third-order valence-corrected chi connectivity index (χ3v) is 2.84. The molecular formula is C10H16N2O4S. The molecule has 17 heavy (non-hydrogen) atoms. The monoisotopic (exact) mass is 260 g/mol. The van der Waals surface area contributed by atoms with Gasteiger partial charge in [-0.25, -0.2) is 9.59 Å².